The van der Waals surface area contributed by atoms with Gasteiger partial charge in [-0.05, 0) is 12.8 Å². The number of hydrogen-bond acceptors (Lipinski definition) is 4. The summed E-state index contributed by atoms with van der Waals surface area (Å²) in [5.74, 6) is -0.157. The van der Waals surface area contributed by atoms with E-state index in [1.165, 1.54) is 6.92 Å². The van der Waals surface area contributed by atoms with Crippen LogP contribution >= 0.6 is 0 Å². The van der Waals surface area contributed by atoms with Crippen LogP contribution in [0.15, 0.2) is 0 Å². The van der Waals surface area contributed by atoms with E-state index >= 15 is 0 Å². The lowest BCUT2D eigenvalue weighted by atomic mass is 10.3. The first-order valence-electron chi connectivity index (χ1n) is 5.20. The van der Waals surface area contributed by atoms with Crippen LogP contribution in [0.1, 0.15) is 19.8 Å². The van der Waals surface area contributed by atoms with Crippen molar-refractivity contribution in [2.24, 2.45) is 0 Å². The van der Waals surface area contributed by atoms with Crippen molar-refractivity contribution >= 4 is 5.97 Å². The molecule has 1 heterocycles. The highest BCUT2D eigenvalue weighted by molar-refractivity contribution is 5.67. The van der Waals surface area contributed by atoms with E-state index in [2.05, 4.69) is 4.90 Å². The van der Waals surface area contributed by atoms with E-state index in [1.807, 2.05) is 0 Å². The van der Waals surface area contributed by atoms with E-state index in [-0.39, 0.29) is 11.6 Å². The molecule has 1 saturated carbocycles. The summed E-state index contributed by atoms with van der Waals surface area (Å²) in [7, 11) is 0. The van der Waals surface area contributed by atoms with Crippen LogP contribution < -0.4 is 0 Å². The monoisotopic (exact) mass is 199 g/mol. The standard InChI is InChI=1S/C10H17NO3/c1-9(12)14-10(2-3-10)8-11-4-6-13-7-5-11/h2-8H2,1H3. The number of morpholine rings is 1. The molecule has 80 valence electrons. The summed E-state index contributed by atoms with van der Waals surface area (Å²) in [5.41, 5.74) is -0.150. The van der Waals surface area contributed by atoms with Crippen molar-refractivity contribution in [2.45, 2.75) is 25.4 Å². The molecule has 0 aromatic carbocycles. The number of rotatable bonds is 3. The lowest BCUT2D eigenvalue weighted by molar-refractivity contribution is -0.150. The fourth-order valence-electron chi connectivity index (χ4n) is 1.90. The molecular formula is C10H17NO3. The Balaban J connectivity index is 1.80. The molecule has 1 aliphatic heterocycles. The lowest BCUT2D eigenvalue weighted by Gasteiger charge is -2.30. The van der Waals surface area contributed by atoms with Crippen LogP contribution in [0.25, 0.3) is 0 Å². The third-order valence-corrected chi connectivity index (χ3v) is 2.78. The van der Waals surface area contributed by atoms with Gasteiger partial charge in [0.2, 0.25) is 0 Å². The van der Waals surface area contributed by atoms with Gasteiger partial charge in [-0.1, -0.05) is 0 Å². The molecule has 0 bridgehead atoms. The van der Waals surface area contributed by atoms with Crippen molar-refractivity contribution < 1.29 is 14.3 Å². The van der Waals surface area contributed by atoms with E-state index in [0.29, 0.717) is 0 Å². The molecular weight excluding hydrogens is 182 g/mol. The van der Waals surface area contributed by atoms with Gasteiger partial charge in [0.1, 0.15) is 5.60 Å². The van der Waals surface area contributed by atoms with E-state index in [0.717, 1.165) is 45.7 Å². The third kappa shape index (κ3) is 2.45. The molecule has 0 aromatic heterocycles. The highest BCUT2D eigenvalue weighted by Crippen LogP contribution is 2.40. The summed E-state index contributed by atoms with van der Waals surface area (Å²) in [5, 5.41) is 0. The summed E-state index contributed by atoms with van der Waals surface area (Å²) in [6, 6.07) is 0. The molecule has 0 unspecified atom stereocenters. The van der Waals surface area contributed by atoms with Gasteiger partial charge in [0.15, 0.2) is 0 Å². The van der Waals surface area contributed by atoms with Crippen LogP contribution in [0.4, 0.5) is 0 Å². The maximum Gasteiger partial charge on any atom is 0.303 e. The average molecular weight is 199 g/mol. The van der Waals surface area contributed by atoms with Crippen LogP contribution in [0.5, 0.6) is 0 Å². The summed E-state index contributed by atoms with van der Waals surface area (Å²) < 4.78 is 10.6. The van der Waals surface area contributed by atoms with Crippen molar-refractivity contribution in [1.29, 1.82) is 0 Å². The Morgan fingerprint density at radius 1 is 1.43 bits per heavy atom. The zero-order valence-corrected chi connectivity index (χ0v) is 8.62. The van der Waals surface area contributed by atoms with Gasteiger partial charge in [-0.15, -0.1) is 0 Å². The van der Waals surface area contributed by atoms with Gasteiger partial charge in [-0.25, -0.2) is 0 Å². The molecule has 0 amide bonds. The highest BCUT2D eigenvalue weighted by Gasteiger charge is 2.47. The predicted octanol–water partition coefficient (Wildman–Crippen LogP) is 0.414. The fraction of sp³-hybridized carbons (Fsp3) is 0.900. The van der Waals surface area contributed by atoms with Crippen LogP contribution in [0.2, 0.25) is 0 Å². The van der Waals surface area contributed by atoms with Gasteiger partial charge in [0, 0.05) is 26.6 Å². The number of hydrogen-bond donors (Lipinski definition) is 0. The normalized spacial score (nSPS) is 25.8. The quantitative estimate of drug-likeness (QED) is 0.617. The smallest absolute Gasteiger partial charge is 0.303 e. The van der Waals surface area contributed by atoms with Crippen LogP contribution in [0.3, 0.4) is 0 Å². The zero-order valence-electron chi connectivity index (χ0n) is 8.62. The maximum atomic E-state index is 10.9. The van der Waals surface area contributed by atoms with E-state index < -0.39 is 0 Å². The van der Waals surface area contributed by atoms with E-state index in [9.17, 15) is 4.79 Å². The second kappa shape index (κ2) is 3.87. The summed E-state index contributed by atoms with van der Waals surface area (Å²) in [6.07, 6.45) is 2.04. The Morgan fingerprint density at radius 2 is 2.07 bits per heavy atom. The average Bonchev–Trinajstić information content (AvgIpc) is 2.85. The number of nitrogens with zero attached hydrogens (tertiary/aromatic N) is 1. The molecule has 0 radical (unpaired) electrons. The first-order chi connectivity index (χ1) is 6.70. The van der Waals surface area contributed by atoms with Crippen molar-refractivity contribution in [3.05, 3.63) is 0 Å². The van der Waals surface area contributed by atoms with Gasteiger partial charge in [-0.2, -0.15) is 0 Å². The molecule has 14 heavy (non-hydrogen) atoms. The largest absolute Gasteiger partial charge is 0.458 e. The number of esters is 1. The first-order valence-corrected chi connectivity index (χ1v) is 5.20. The molecule has 0 aromatic rings. The summed E-state index contributed by atoms with van der Waals surface area (Å²) >= 11 is 0. The van der Waals surface area contributed by atoms with E-state index in [1.54, 1.807) is 0 Å². The first kappa shape index (κ1) is 9.93. The zero-order chi connectivity index (χ0) is 10.0. The molecule has 1 aliphatic carbocycles. The predicted molar refractivity (Wildman–Crippen MR) is 51.0 cm³/mol. The van der Waals surface area contributed by atoms with Gasteiger partial charge in [0.05, 0.1) is 13.2 Å². The van der Waals surface area contributed by atoms with Gasteiger partial charge < -0.3 is 9.47 Å². The summed E-state index contributed by atoms with van der Waals surface area (Å²) in [4.78, 5) is 13.2. The fourth-order valence-corrected chi connectivity index (χ4v) is 1.90. The minimum atomic E-state index is -0.157. The van der Waals surface area contributed by atoms with Gasteiger partial charge >= 0.3 is 5.97 Å². The molecule has 0 spiro atoms. The van der Waals surface area contributed by atoms with Gasteiger partial charge in [0.25, 0.3) is 0 Å². The van der Waals surface area contributed by atoms with Crippen LogP contribution in [0, 0.1) is 0 Å². The Morgan fingerprint density at radius 3 is 2.57 bits per heavy atom. The lowest BCUT2D eigenvalue weighted by Crippen LogP contribution is -2.43. The Bertz CT molecular complexity index is 219. The SMILES string of the molecule is CC(=O)OC1(CN2CCOCC2)CC1. The maximum absolute atomic E-state index is 10.9. The minimum Gasteiger partial charge on any atom is -0.458 e. The van der Waals surface area contributed by atoms with Crippen LogP contribution in [-0.4, -0.2) is 49.3 Å². The number of carbonyl (C=O) groups excluding carboxylic acids is 1. The molecule has 0 N–H and O–H groups in total. The van der Waals surface area contributed by atoms with Crippen molar-refractivity contribution in [2.75, 3.05) is 32.8 Å². The summed E-state index contributed by atoms with van der Waals surface area (Å²) in [6.45, 7) is 5.90. The second-order valence-corrected chi connectivity index (χ2v) is 4.17. The molecule has 2 aliphatic rings. The Labute approximate surface area is 84.2 Å². The Hall–Kier alpha value is -0.610. The molecule has 1 saturated heterocycles. The van der Waals surface area contributed by atoms with Crippen molar-refractivity contribution in [3.63, 3.8) is 0 Å². The molecule has 0 atom stereocenters. The Kier molecular flexibility index (Phi) is 2.74. The third-order valence-electron chi connectivity index (χ3n) is 2.78. The molecule has 4 nitrogen and oxygen atoms in total. The minimum absolute atomic E-state index is 0.150. The van der Waals surface area contributed by atoms with Crippen LogP contribution in [-0.2, 0) is 14.3 Å². The topological polar surface area (TPSA) is 38.8 Å². The molecule has 2 rings (SSSR count). The van der Waals surface area contributed by atoms with Gasteiger partial charge in [-0.3, -0.25) is 9.69 Å². The number of ether oxygens (including phenoxy) is 2. The second-order valence-electron chi connectivity index (χ2n) is 4.17. The van der Waals surface area contributed by atoms with Crippen molar-refractivity contribution in [3.8, 4) is 0 Å². The number of carbonyl (C=O) groups is 1. The van der Waals surface area contributed by atoms with E-state index in [4.69, 9.17) is 9.47 Å². The molecule has 4 heteroatoms. The molecule has 2 fully saturated rings. The van der Waals surface area contributed by atoms with Crippen molar-refractivity contribution in [1.82, 2.24) is 4.90 Å². The highest BCUT2D eigenvalue weighted by atomic mass is 16.6.